The maximum Gasteiger partial charge on any atom is 0.305 e. The van der Waals surface area contributed by atoms with Crippen LogP contribution in [0.5, 0.6) is 5.75 Å². The molecular formula is C12H14F2O3. The van der Waals surface area contributed by atoms with E-state index in [1.54, 1.807) is 6.92 Å². The lowest BCUT2D eigenvalue weighted by molar-refractivity contribution is -0.143. The predicted molar refractivity (Wildman–Crippen MR) is 57.7 cm³/mol. The lowest BCUT2D eigenvalue weighted by Crippen LogP contribution is -2.07. The molecule has 0 saturated heterocycles. The van der Waals surface area contributed by atoms with E-state index in [2.05, 4.69) is 0 Å². The summed E-state index contributed by atoms with van der Waals surface area (Å²) in [7, 11) is 0. The molecule has 1 aromatic rings. The van der Waals surface area contributed by atoms with Crippen molar-refractivity contribution in [3.05, 3.63) is 29.8 Å². The van der Waals surface area contributed by atoms with Crippen LogP contribution in [-0.4, -0.2) is 19.2 Å². The van der Waals surface area contributed by atoms with Crippen LogP contribution in [0.1, 0.15) is 19.8 Å². The van der Waals surface area contributed by atoms with Crippen LogP contribution in [0.25, 0.3) is 0 Å². The molecule has 0 spiro atoms. The monoisotopic (exact) mass is 244 g/mol. The molecule has 3 nitrogen and oxygen atoms in total. The minimum absolute atomic E-state index is 0.0661. The Balaban J connectivity index is 2.34. The molecule has 0 bridgehead atoms. The molecule has 1 rings (SSSR count). The molecule has 0 amide bonds. The second-order valence-electron chi connectivity index (χ2n) is 3.31. The van der Waals surface area contributed by atoms with E-state index >= 15 is 0 Å². The summed E-state index contributed by atoms with van der Waals surface area (Å²) >= 11 is 0. The molecule has 0 N–H and O–H groups in total. The van der Waals surface area contributed by atoms with E-state index in [9.17, 15) is 13.6 Å². The number of hydrogen-bond donors (Lipinski definition) is 0. The quantitative estimate of drug-likeness (QED) is 0.570. The van der Waals surface area contributed by atoms with Crippen LogP contribution in [0.2, 0.25) is 0 Å². The zero-order valence-corrected chi connectivity index (χ0v) is 9.54. The van der Waals surface area contributed by atoms with E-state index in [0.717, 1.165) is 12.1 Å². The second-order valence-corrected chi connectivity index (χ2v) is 3.31. The lowest BCUT2D eigenvalue weighted by Gasteiger charge is -2.07. The normalized spacial score (nSPS) is 10.1. The van der Waals surface area contributed by atoms with E-state index in [-0.39, 0.29) is 19.0 Å². The maximum absolute atomic E-state index is 13.1. The van der Waals surface area contributed by atoms with Crippen molar-refractivity contribution in [3.8, 4) is 5.75 Å². The summed E-state index contributed by atoms with van der Waals surface area (Å²) in [5.74, 6) is -2.25. The maximum atomic E-state index is 13.1. The fourth-order valence-corrected chi connectivity index (χ4v) is 1.24. The summed E-state index contributed by atoms with van der Waals surface area (Å²) in [6.07, 6.45) is 0.524. The van der Waals surface area contributed by atoms with E-state index in [1.807, 2.05) is 0 Å². The highest BCUT2D eigenvalue weighted by atomic mass is 19.1. The number of benzene rings is 1. The Morgan fingerprint density at radius 3 is 2.53 bits per heavy atom. The molecule has 0 aliphatic heterocycles. The van der Waals surface area contributed by atoms with Gasteiger partial charge in [0.15, 0.2) is 17.4 Å². The van der Waals surface area contributed by atoms with Gasteiger partial charge in [0, 0.05) is 6.42 Å². The molecule has 94 valence electrons. The second kappa shape index (κ2) is 6.83. The molecule has 0 aliphatic carbocycles. The van der Waals surface area contributed by atoms with Crippen molar-refractivity contribution in [1.82, 2.24) is 0 Å². The molecule has 17 heavy (non-hydrogen) atoms. The first-order chi connectivity index (χ1) is 8.15. The standard InChI is InChI=1S/C12H14F2O3/c1-2-16-11(15)7-4-8-17-12-9(13)5-3-6-10(12)14/h3,5-6H,2,4,7-8H2,1H3. The topological polar surface area (TPSA) is 35.5 Å². The Labute approximate surface area is 98.3 Å². The first-order valence-electron chi connectivity index (χ1n) is 5.37. The van der Waals surface area contributed by atoms with Crippen molar-refractivity contribution >= 4 is 5.97 Å². The molecule has 0 saturated carbocycles. The number of hydrogen-bond acceptors (Lipinski definition) is 3. The van der Waals surface area contributed by atoms with Crippen LogP contribution in [-0.2, 0) is 9.53 Å². The SMILES string of the molecule is CCOC(=O)CCCOc1c(F)cccc1F. The largest absolute Gasteiger partial charge is 0.488 e. The minimum Gasteiger partial charge on any atom is -0.488 e. The van der Waals surface area contributed by atoms with Gasteiger partial charge in [0.25, 0.3) is 0 Å². The molecule has 0 aromatic heterocycles. The van der Waals surface area contributed by atoms with Crippen LogP contribution in [0.4, 0.5) is 8.78 Å². The fraction of sp³-hybridized carbons (Fsp3) is 0.417. The van der Waals surface area contributed by atoms with Gasteiger partial charge in [-0.25, -0.2) is 8.78 Å². The van der Waals surface area contributed by atoms with Crippen LogP contribution >= 0.6 is 0 Å². The Morgan fingerprint density at radius 1 is 1.29 bits per heavy atom. The van der Waals surface area contributed by atoms with Crippen molar-refractivity contribution < 1.29 is 23.0 Å². The number of carbonyl (C=O) groups excluding carboxylic acids is 1. The van der Waals surface area contributed by atoms with E-state index < -0.39 is 17.4 Å². The number of para-hydroxylation sites is 1. The van der Waals surface area contributed by atoms with Crippen LogP contribution in [0, 0.1) is 11.6 Å². The molecule has 1 aromatic carbocycles. The van der Waals surface area contributed by atoms with Gasteiger partial charge in [-0.05, 0) is 25.5 Å². The Kier molecular flexibility index (Phi) is 5.39. The highest BCUT2D eigenvalue weighted by molar-refractivity contribution is 5.69. The molecule has 0 heterocycles. The third-order valence-electron chi connectivity index (χ3n) is 2.00. The van der Waals surface area contributed by atoms with E-state index in [4.69, 9.17) is 9.47 Å². The summed E-state index contributed by atoms with van der Waals surface area (Å²) < 4.78 is 35.8. The summed E-state index contributed by atoms with van der Waals surface area (Å²) in [6.45, 7) is 2.10. The minimum atomic E-state index is -0.749. The average molecular weight is 244 g/mol. The van der Waals surface area contributed by atoms with Crippen molar-refractivity contribution in [2.24, 2.45) is 0 Å². The Bertz CT molecular complexity index is 360. The van der Waals surface area contributed by atoms with Gasteiger partial charge in [0.1, 0.15) is 0 Å². The van der Waals surface area contributed by atoms with Crippen LogP contribution in [0.3, 0.4) is 0 Å². The molecule has 0 radical (unpaired) electrons. The summed E-state index contributed by atoms with van der Waals surface area (Å²) in [4.78, 5) is 11.0. The zero-order valence-electron chi connectivity index (χ0n) is 9.54. The predicted octanol–water partition coefficient (Wildman–Crippen LogP) is 2.69. The number of carbonyl (C=O) groups is 1. The van der Waals surface area contributed by atoms with Crippen molar-refractivity contribution in [2.75, 3.05) is 13.2 Å². The third kappa shape index (κ3) is 4.38. The first-order valence-corrected chi connectivity index (χ1v) is 5.37. The molecule has 0 atom stereocenters. The Morgan fingerprint density at radius 2 is 1.94 bits per heavy atom. The highest BCUT2D eigenvalue weighted by Gasteiger charge is 2.09. The van der Waals surface area contributed by atoms with E-state index in [0.29, 0.717) is 13.0 Å². The lowest BCUT2D eigenvalue weighted by atomic mass is 10.3. The van der Waals surface area contributed by atoms with E-state index in [1.165, 1.54) is 6.07 Å². The van der Waals surface area contributed by atoms with Crippen molar-refractivity contribution in [3.63, 3.8) is 0 Å². The fourth-order valence-electron chi connectivity index (χ4n) is 1.24. The summed E-state index contributed by atoms with van der Waals surface area (Å²) in [5, 5.41) is 0. The number of rotatable bonds is 6. The summed E-state index contributed by atoms with van der Waals surface area (Å²) in [5.41, 5.74) is 0. The van der Waals surface area contributed by atoms with Gasteiger partial charge >= 0.3 is 5.97 Å². The average Bonchev–Trinajstić information content (AvgIpc) is 2.28. The molecule has 5 heteroatoms. The molecule has 0 unspecified atom stereocenters. The van der Waals surface area contributed by atoms with Gasteiger partial charge in [-0.2, -0.15) is 0 Å². The van der Waals surface area contributed by atoms with Crippen LogP contribution < -0.4 is 4.74 Å². The smallest absolute Gasteiger partial charge is 0.305 e. The summed E-state index contributed by atoms with van der Waals surface area (Å²) in [6, 6.07) is 3.49. The molecule has 0 fully saturated rings. The van der Waals surface area contributed by atoms with Gasteiger partial charge in [0.05, 0.1) is 13.2 Å². The Hall–Kier alpha value is -1.65. The highest BCUT2D eigenvalue weighted by Crippen LogP contribution is 2.20. The first kappa shape index (κ1) is 13.4. The number of esters is 1. The van der Waals surface area contributed by atoms with Gasteiger partial charge in [-0.1, -0.05) is 6.07 Å². The number of halogens is 2. The van der Waals surface area contributed by atoms with Gasteiger partial charge in [-0.15, -0.1) is 0 Å². The molecular weight excluding hydrogens is 230 g/mol. The van der Waals surface area contributed by atoms with Gasteiger partial charge in [-0.3, -0.25) is 4.79 Å². The number of ether oxygens (including phenoxy) is 2. The van der Waals surface area contributed by atoms with Gasteiger partial charge < -0.3 is 9.47 Å². The van der Waals surface area contributed by atoms with Crippen molar-refractivity contribution in [1.29, 1.82) is 0 Å². The zero-order chi connectivity index (χ0) is 12.7. The van der Waals surface area contributed by atoms with Crippen molar-refractivity contribution in [2.45, 2.75) is 19.8 Å². The molecule has 0 aliphatic rings. The van der Waals surface area contributed by atoms with Crippen LogP contribution in [0.15, 0.2) is 18.2 Å². The third-order valence-corrected chi connectivity index (χ3v) is 2.00. The van der Waals surface area contributed by atoms with Gasteiger partial charge in [0.2, 0.25) is 0 Å².